The van der Waals surface area contributed by atoms with Crippen LogP contribution in [0.4, 0.5) is 0 Å². The van der Waals surface area contributed by atoms with Gasteiger partial charge in [0.2, 0.25) is 5.91 Å². The molecule has 0 aliphatic heterocycles. The standard InChI is InChI=1S/C16H22N2O3/c17-11-13(12-6-2-1-3-7-12)15(21)18-16(10-14(19)20)8-4-5-9-16/h1-3,6-7,13H,4-5,8-11,17H2,(H,18,21)(H,19,20). The summed E-state index contributed by atoms with van der Waals surface area (Å²) in [5.41, 5.74) is 6.00. The SMILES string of the molecule is NCC(C(=O)NC1(CC(=O)O)CCCC1)c1ccccc1. The third kappa shape index (κ3) is 3.82. The van der Waals surface area contributed by atoms with Crippen molar-refractivity contribution in [3.05, 3.63) is 35.9 Å². The van der Waals surface area contributed by atoms with E-state index in [1.165, 1.54) is 0 Å². The number of hydrogen-bond donors (Lipinski definition) is 3. The average molecular weight is 290 g/mol. The molecular weight excluding hydrogens is 268 g/mol. The van der Waals surface area contributed by atoms with Crippen LogP contribution in [-0.2, 0) is 9.59 Å². The molecule has 0 saturated heterocycles. The lowest BCUT2D eigenvalue weighted by atomic mass is 9.90. The predicted octanol–water partition coefficient (Wildman–Crippen LogP) is 1.63. The molecule has 1 saturated carbocycles. The smallest absolute Gasteiger partial charge is 0.305 e. The predicted molar refractivity (Wildman–Crippen MR) is 79.8 cm³/mol. The summed E-state index contributed by atoms with van der Waals surface area (Å²) < 4.78 is 0. The highest BCUT2D eigenvalue weighted by Gasteiger charge is 2.38. The van der Waals surface area contributed by atoms with E-state index in [2.05, 4.69) is 5.32 Å². The van der Waals surface area contributed by atoms with Crippen LogP contribution in [0.2, 0.25) is 0 Å². The fourth-order valence-corrected chi connectivity index (χ4v) is 3.12. The molecule has 21 heavy (non-hydrogen) atoms. The van der Waals surface area contributed by atoms with Crippen LogP contribution in [-0.4, -0.2) is 29.1 Å². The maximum atomic E-state index is 12.5. The number of carboxylic acids is 1. The molecule has 5 heteroatoms. The first-order valence-corrected chi connectivity index (χ1v) is 7.35. The van der Waals surface area contributed by atoms with Gasteiger partial charge in [-0.25, -0.2) is 0 Å². The first kappa shape index (κ1) is 15.5. The van der Waals surface area contributed by atoms with E-state index in [-0.39, 0.29) is 18.9 Å². The van der Waals surface area contributed by atoms with E-state index in [4.69, 9.17) is 10.8 Å². The Hall–Kier alpha value is -1.88. The highest BCUT2D eigenvalue weighted by molar-refractivity contribution is 5.85. The molecule has 1 aromatic rings. The Morgan fingerprint density at radius 3 is 2.38 bits per heavy atom. The maximum Gasteiger partial charge on any atom is 0.305 e. The van der Waals surface area contributed by atoms with Crippen molar-refractivity contribution in [1.82, 2.24) is 5.32 Å². The van der Waals surface area contributed by atoms with Gasteiger partial charge in [-0.2, -0.15) is 0 Å². The summed E-state index contributed by atoms with van der Waals surface area (Å²) in [5, 5.41) is 12.1. The number of rotatable bonds is 6. The van der Waals surface area contributed by atoms with Gasteiger partial charge < -0.3 is 16.2 Å². The lowest BCUT2D eigenvalue weighted by Gasteiger charge is -2.30. The lowest BCUT2D eigenvalue weighted by molar-refractivity contribution is -0.139. The quantitative estimate of drug-likeness (QED) is 0.742. The molecule has 0 spiro atoms. The molecule has 0 aromatic heterocycles. The van der Waals surface area contributed by atoms with Crippen LogP contribution < -0.4 is 11.1 Å². The van der Waals surface area contributed by atoms with Crippen LogP contribution in [0, 0.1) is 0 Å². The second-order valence-electron chi connectivity index (χ2n) is 5.75. The molecule has 1 amide bonds. The molecule has 4 N–H and O–H groups in total. The molecule has 1 fully saturated rings. The Kier molecular flexibility index (Phi) is 4.96. The van der Waals surface area contributed by atoms with Crippen LogP contribution in [0.5, 0.6) is 0 Å². The first-order chi connectivity index (χ1) is 10.1. The van der Waals surface area contributed by atoms with Crippen molar-refractivity contribution in [2.24, 2.45) is 5.73 Å². The minimum absolute atomic E-state index is 0.0230. The summed E-state index contributed by atoms with van der Waals surface area (Å²) >= 11 is 0. The molecule has 114 valence electrons. The van der Waals surface area contributed by atoms with E-state index in [1.807, 2.05) is 30.3 Å². The van der Waals surface area contributed by atoms with E-state index in [0.717, 1.165) is 31.2 Å². The van der Waals surface area contributed by atoms with Crippen LogP contribution in [0.1, 0.15) is 43.6 Å². The summed E-state index contributed by atoms with van der Waals surface area (Å²) in [6.45, 7) is 0.207. The number of aliphatic carboxylic acids is 1. The number of carbonyl (C=O) groups excluding carboxylic acids is 1. The van der Waals surface area contributed by atoms with E-state index >= 15 is 0 Å². The molecule has 1 aromatic carbocycles. The molecule has 0 bridgehead atoms. The number of nitrogens with two attached hydrogens (primary N) is 1. The monoisotopic (exact) mass is 290 g/mol. The first-order valence-electron chi connectivity index (χ1n) is 7.35. The summed E-state index contributed by atoms with van der Waals surface area (Å²) in [6.07, 6.45) is 3.32. The Morgan fingerprint density at radius 2 is 1.86 bits per heavy atom. The molecule has 1 unspecified atom stereocenters. The fourth-order valence-electron chi connectivity index (χ4n) is 3.12. The van der Waals surface area contributed by atoms with Gasteiger partial charge in [0.15, 0.2) is 0 Å². The zero-order chi connectivity index (χ0) is 15.3. The minimum Gasteiger partial charge on any atom is -0.481 e. The molecule has 2 rings (SSSR count). The van der Waals surface area contributed by atoms with Crippen molar-refractivity contribution in [1.29, 1.82) is 0 Å². The van der Waals surface area contributed by atoms with Crippen molar-refractivity contribution in [2.45, 2.75) is 43.6 Å². The van der Waals surface area contributed by atoms with Gasteiger partial charge in [0, 0.05) is 6.54 Å². The average Bonchev–Trinajstić information content (AvgIpc) is 2.88. The second kappa shape index (κ2) is 6.72. The molecular formula is C16H22N2O3. The lowest BCUT2D eigenvalue weighted by Crippen LogP contribution is -2.50. The summed E-state index contributed by atoms with van der Waals surface area (Å²) in [7, 11) is 0. The number of nitrogens with one attached hydrogen (secondary N) is 1. The zero-order valence-electron chi connectivity index (χ0n) is 12.0. The number of carbonyl (C=O) groups is 2. The summed E-state index contributed by atoms with van der Waals surface area (Å²) in [4.78, 5) is 23.6. The molecule has 1 atom stereocenters. The molecule has 1 aliphatic rings. The maximum absolute atomic E-state index is 12.5. The van der Waals surface area contributed by atoms with E-state index < -0.39 is 17.4 Å². The second-order valence-corrected chi connectivity index (χ2v) is 5.75. The van der Waals surface area contributed by atoms with Crippen molar-refractivity contribution < 1.29 is 14.7 Å². The minimum atomic E-state index is -0.874. The van der Waals surface area contributed by atoms with Gasteiger partial charge in [0.05, 0.1) is 17.9 Å². The molecule has 1 aliphatic carbocycles. The Morgan fingerprint density at radius 1 is 1.24 bits per heavy atom. The number of benzene rings is 1. The van der Waals surface area contributed by atoms with Crippen LogP contribution in [0.3, 0.4) is 0 Å². The van der Waals surface area contributed by atoms with Crippen molar-refractivity contribution >= 4 is 11.9 Å². The Balaban J connectivity index is 2.12. The normalized spacial score (nSPS) is 18.1. The van der Waals surface area contributed by atoms with Gasteiger partial charge in [-0.1, -0.05) is 43.2 Å². The number of hydrogen-bond acceptors (Lipinski definition) is 3. The van der Waals surface area contributed by atoms with Crippen molar-refractivity contribution in [3.63, 3.8) is 0 Å². The van der Waals surface area contributed by atoms with Gasteiger partial charge in [0.25, 0.3) is 0 Å². The van der Waals surface area contributed by atoms with Crippen molar-refractivity contribution in [2.75, 3.05) is 6.54 Å². The van der Waals surface area contributed by atoms with Crippen LogP contribution in [0.25, 0.3) is 0 Å². The number of carboxylic acid groups (broad SMARTS) is 1. The van der Waals surface area contributed by atoms with Gasteiger partial charge in [-0.05, 0) is 18.4 Å². The summed E-state index contributed by atoms with van der Waals surface area (Å²) in [5.74, 6) is -1.48. The van der Waals surface area contributed by atoms with Gasteiger partial charge in [0.1, 0.15) is 0 Å². The van der Waals surface area contributed by atoms with Gasteiger partial charge >= 0.3 is 5.97 Å². The largest absolute Gasteiger partial charge is 0.481 e. The van der Waals surface area contributed by atoms with E-state index in [9.17, 15) is 9.59 Å². The Labute approximate surface area is 124 Å². The summed E-state index contributed by atoms with van der Waals surface area (Å²) in [6, 6.07) is 9.37. The number of amides is 1. The van der Waals surface area contributed by atoms with E-state index in [0.29, 0.717) is 0 Å². The molecule has 0 radical (unpaired) electrons. The van der Waals surface area contributed by atoms with Gasteiger partial charge in [-0.3, -0.25) is 9.59 Å². The Bertz CT molecular complexity index is 496. The highest BCUT2D eigenvalue weighted by atomic mass is 16.4. The van der Waals surface area contributed by atoms with Crippen molar-refractivity contribution in [3.8, 4) is 0 Å². The zero-order valence-corrected chi connectivity index (χ0v) is 12.0. The third-order valence-electron chi connectivity index (χ3n) is 4.19. The van der Waals surface area contributed by atoms with E-state index in [1.54, 1.807) is 0 Å². The van der Waals surface area contributed by atoms with Crippen LogP contribution >= 0.6 is 0 Å². The fraction of sp³-hybridized carbons (Fsp3) is 0.500. The third-order valence-corrected chi connectivity index (χ3v) is 4.19. The van der Waals surface area contributed by atoms with Crippen LogP contribution in [0.15, 0.2) is 30.3 Å². The topological polar surface area (TPSA) is 92.4 Å². The highest BCUT2D eigenvalue weighted by Crippen LogP contribution is 2.33. The van der Waals surface area contributed by atoms with Gasteiger partial charge in [-0.15, -0.1) is 0 Å². The molecule has 0 heterocycles. The molecule has 5 nitrogen and oxygen atoms in total.